The van der Waals surface area contributed by atoms with Crippen molar-refractivity contribution in [3.63, 3.8) is 0 Å². The number of nitrogens with two attached hydrogens (primary N) is 1. The van der Waals surface area contributed by atoms with Crippen molar-refractivity contribution in [2.45, 2.75) is 25.4 Å². The maximum atomic E-state index is 12.7. The van der Waals surface area contributed by atoms with E-state index in [1.165, 1.54) is 7.11 Å². The van der Waals surface area contributed by atoms with Gasteiger partial charge in [0.05, 0.1) is 13.5 Å². The zero-order valence-corrected chi connectivity index (χ0v) is 18.8. The minimum absolute atomic E-state index is 0.0308. The van der Waals surface area contributed by atoms with E-state index < -0.39 is 0 Å². The number of Topliss-reactive ketones (excluding diaryl/α,β-unsaturated/α-hetero) is 1. The Bertz CT molecular complexity index is 1180. The van der Waals surface area contributed by atoms with Gasteiger partial charge in [-0.3, -0.25) is 14.5 Å². The lowest BCUT2D eigenvalue weighted by Gasteiger charge is -2.38. The molecule has 1 aliphatic heterocycles. The molecule has 0 saturated carbocycles. The van der Waals surface area contributed by atoms with Crippen LogP contribution in [0.15, 0.2) is 79.4 Å². The lowest BCUT2D eigenvalue weighted by molar-refractivity contribution is -0.142. The Balaban J connectivity index is 1.51. The van der Waals surface area contributed by atoms with Crippen molar-refractivity contribution < 1.29 is 14.3 Å². The Morgan fingerprint density at radius 1 is 1.03 bits per heavy atom. The summed E-state index contributed by atoms with van der Waals surface area (Å²) in [5.74, 6) is -0.211. The minimum Gasteiger partial charge on any atom is -0.469 e. The van der Waals surface area contributed by atoms with Crippen LogP contribution in [0.4, 0.5) is 5.69 Å². The predicted octanol–water partition coefficient (Wildman–Crippen LogP) is 4.83. The predicted molar refractivity (Wildman–Crippen MR) is 131 cm³/mol. The number of esters is 1. The fourth-order valence-electron chi connectivity index (χ4n) is 4.39. The number of nitrogens with zero attached hydrogens (tertiary/aromatic N) is 1. The molecule has 2 N–H and O–H groups in total. The second-order valence-corrected chi connectivity index (χ2v) is 8.39. The van der Waals surface area contributed by atoms with Crippen LogP contribution in [-0.2, 0) is 22.5 Å². The molecule has 5 heteroatoms. The maximum absolute atomic E-state index is 12.7. The van der Waals surface area contributed by atoms with Crippen molar-refractivity contribution in [3.05, 3.63) is 107 Å². The Labute approximate surface area is 194 Å². The summed E-state index contributed by atoms with van der Waals surface area (Å²) in [7, 11) is 1.42. The van der Waals surface area contributed by atoms with Gasteiger partial charge in [0.2, 0.25) is 0 Å². The fraction of sp³-hybridized carbons (Fsp3) is 0.214. The lowest BCUT2D eigenvalue weighted by atomic mass is 9.88. The number of carbonyl (C=O) groups excluding carboxylic acids is 2. The molecule has 0 radical (unpaired) electrons. The molecule has 0 aromatic heterocycles. The molecular formula is C28H28N2O3. The number of hydrogen-bond donors (Lipinski definition) is 1. The molecule has 5 nitrogen and oxygen atoms in total. The third-order valence-electron chi connectivity index (χ3n) is 6.19. The van der Waals surface area contributed by atoms with E-state index in [4.69, 9.17) is 10.5 Å². The third-order valence-corrected chi connectivity index (χ3v) is 6.19. The van der Waals surface area contributed by atoms with Gasteiger partial charge in [0.1, 0.15) is 0 Å². The molecule has 3 aromatic carbocycles. The van der Waals surface area contributed by atoms with Gasteiger partial charge in [-0.2, -0.15) is 0 Å². The summed E-state index contributed by atoms with van der Waals surface area (Å²) in [6.07, 6.45) is 0.547. The lowest BCUT2D eigenvalue weighted by Crippen LogP contribution is -2.35. The fourth-order valence-corrected chi connectivity index (χ4v) is 4.39. The molecule has 3 aromatic rings. The SMILES string of the molecule is C=C1CN(Cc2ccc(C(=O)Cc3ccccc3N)cc2)C(CC(=O)OC)c2ccccc21. The van der Waals surface area contributed by atoms with Crippen molar-refractivity contribution in [2.24, 2.45) is 0 Å². The van der Waals surface area contributed by atoms with E-state index in [9.17, 15) is 9.59 Å². The first-order valence-corrected chi connectivity index (χ1v) is 11.0. The van der Waals surface area contributed by atoms with Gasteiger partial charge >= 0.3 is 5.97 Å². The van der Waals surface area contributed by atoms with E-state index in [1.54, 1.807) is 6.07 Å². The molecule has 33 heavy (non-hydrogen) atoms. The summed E-state index contributed by atoms with van der Waals surface area (Å²) in [5.41, 5.74) is 12.4. The standard InChI is InChI=1S/C28H28N2O3/c1-19-17-30(26(16-28(32)33-2)24-9-5-4-8-23(19)24)18-20-11-13-21(14-12-20)27(31)15-22-7-3-6-10-25(22)29/h3-14,26H,1,15-18,29H2,2H3. The number of ketones is 1. The van der Waals surface area contributed by atoms with E-state index in [2.05, 4.69) is 23.6 Å². The zero-order chi connectivity index (χ0) is 23.4. The van der Waals surface area contributed by atoms with Crippen LogP contribution in [0.3, 0.4) is 0 Å². The number of ether oxygens (including phenoxy) is 1. The molecule has 168 valence electrons. The second-order valence-electron chi connectivity index (χ2n) is 8.39. The Hall–Kier alpha value is -3.70. The monoisotopic (exact) mass is 440 g/mol. The van der Waals surface area contributed by atoms with Crippen molar-refractivity contribution in [3.8, 4) is 0 Å². The third kappa shape index (κ3) is 5.04. The number of methoxy groups -OCH3 is 1. The van der Waals surface area contributed by atoms with E-state index >= 15 is 0 Å². The first-order chi connectivity index (χ1) is 16.0. The Kier molecular flexibility index (Phi) is 6.71. The van der Waals surface area contributed by atoms with Crippen molar-refractivity contribution in [2.75, 3.05) is 19.4 Å². The van der Waals surface area contributed by atoms with Crippen LogP contribution in [0.2, 0.25) is 0 Å². The molecule has 1 unspecified atom stereocenters. The number of anilines is 1. The smallest absolute Gasteiger partial charge is 0.307 e. The van der Waals surface area contributed by atoms with Gasteiger partial charge in [0.15, 0.2) is 5.78 Å². The quantitative estimate of drug-likeness (QED) is 0.324. The van der Waals surface area contributed by atoms with Crippen molar-refractivity contribution in [1.82, 2.24) is 4.90 Å². The van der Waals surface area contributed by atoms with E-state index in [-0.39, 0.29) is 30.6 Å². The van der Waals surface area contributed by atoms with Crippen LogP contribution in [0.25, 0.3) is 5.57 Å². The molecule has 4 rings (SSSR count). The van der Waals surface area contributed by atoms with Crippen molar-refractivity contribution in [1.29, 1.82) is 0 Å². The van der Waals surface area contributed by atoms with Crippen LogP contribution < -0.4 is 5.73 Å². The molecule has 1 atom stereocenters. The summed E-state index contributed by atoms with van der Waals surface area (Å²) >= 11 is 0. The molecule has 0 bridgehead atoms. The Morgan fingerprint density at radius 2 is 1.73 bits per heavy atom. The molecule has 0 amide bonds. The topological polar surface area (TPSA) is 72.6 Å². The first kappa shape index (κ1) is 22.5. The molecule has 0 aliphatic carbocycles. The highest BCUT2D eigenvalue weighted by atomic mass is 16.5. The number of rotatable bonds is 7. The molecule has 0 saturated heterocycles. The summed E-state index contributed by atoms with van der Waals surface area (Å²) in [6.45, 7) is 5.55. The average molecular weight is 441 g/mol. The van der Waals surface area contributed by atoms with E-state index in [1.807, 2.05) is 54.6 Å². The highest BCUT2D eigenvalue weighted by Gasteiger charge is 2.31. The Morgan fingerprint density at radius 3 is 2.45 bits per heavy atom. The zero-order valence-electron chi connectivity index (χ0n) is 18.8. The normalized spacial score (nSPS) is 15.7. The van der Waals surface area contributed by atoms with Gasteiger partial charge in [0, 0.05) is 36.8 Å². The molecule has 0 fully saturated rings. The molecule has 1 heterocycles. The van der Waals surface area contributed by atoms with Crippen molar-refractivity contribution >= 4 is 23.0 Å². The van der Waals surface area contributed by atoms with Gasteiger partial charge in [0.25, 0.3) is 0 Å². The number of nitrogen functional groups attached to an aromatic ring is 1. The molecular weight excluding hydrogens is 412 g/mol. The maximum Gasteiger partial charge on any atom is 0.307 e. The summed E-state index contributed by atoms with van der Waals surface area (Å²) in [5, 5.41) is 0. The summed E-state index contributed by atoms with van der Waals surface area (Å²) in [4.78, 5) is 27.1. The average Bonchev–Trinajstić information content (AvgIpc) is 2.83. The summed E-state index contributed by atoms with van der Waals surface area (Å²) < 4.78 is 4.96. The number of para-hydroxylation sites is 1. The highest BCUT2D eigenvalue weighted by Crippen LogP contribution is 2.37. The number of hydrogen-bond acceptors (Lipinski definition) is 5. The minimum atomic E-state index is -0.242. The van der Waals surface area contributed by atoms with Crippen LogP contribution in [0.5, 0.6) is 0 Å². The summed E-state index contributed by atoms with van der Waals surface area (Å²) in [6, 6.07) is 23.1. The van der Waals surface area contributed by atoms with Gasteiger partial charge in [-0.25, -0.2) is 0 Å². The van der Waals surface area contributed by atoms with Gasteiger partial charge in [-0.05, 0) is 33.9 Å². The molecule has 0 spiro atoms. The molecule has 1 aliphatic rings. The van der Waals surface area contributed by atoms with Gasteiger partial charge in [-0.1, -0.05) is 73.3 Å². The van der Waals surface area contributed by atoms with E-state index in [0.29, 0.717) is 24.3 Å². The van der Waals surface area contributed by atoms with Crippen LogP contribution in [0.1, 0.15) is 45.1 Å². The number of benzene rings is 3. The van der Waals surface area contributed by atoms with E-state index in [0.717, 1.165) is 27.8 Å². The van der Waals surface area contributed by atoms with Crippen LogP contribution in [0, 0.1) is 0 Å². The largest absolute Gasteiger partial charge is 0.469 e. The van der Waals surface area contributed by atoms with Gasteiger partial charge < -0.3 is 10.5 Å². The number of fused-ring (bicyclic) bond motifs is 1. The van der Waals surface area contributed by atoms with Crippen LogP contribution in [-0.4, -0.2) is 30.3 Å². The van der Waals surface area contributed by atoms with Gasteiger partial charge in [-0.15, -0.1) is 0 Å². The second kappa shape index (κ2) is 9.84. The van der Waals surface area contributed by atoms with Crippen LogP contribution >= 0.6 is 0 Å². The first-order valence-electron chi connectivity index (χ1n) is 11.0. The highest BCUT2D eigenvalue weighted by molar-refractivity contribution is 5.98. The number of carbonyl (C=O) groups is 2.